The summed E-state index contributed by atoms with van der Waals surface area (Å²) in [6.45, 7) is 2.18. The van der Waals surface area contributed by atoms with Crippen LogP contribution >= 0.6 is 11.6 Å². The molecule has 0 saturated carbocycles. The summed E-state index contributed by atoms with van der Waals surface area (Å²) in [5.41, 5.74) is 1.96. The number of halogens is 1. The number of aromatic carboxylic acids is 1. The Kier molecular flexibility index (Phi) is 4.07. The SMILES string of the molecule is Cc1ccc(C(=O)O)cc1OCc1ccccc1Cl. The van der Waals surface area contributed by atoms with E-state index in [0.717, 1.165) is 11.1 Å². The third-order valence-electron chi connectivity index (χ3n) is 2.78. The van der Waals surface area contributed by atoms with Crippen LogP contribution in [0, 0.1) is 6.92 Å². The van der Waals surface area contributed by atoms with Gasteiger partial charge >= 0.3 is 5.97 Å². The monoisotopic (exact) mass is 276 g/mol. The minimum Gasteiger partial charge on any atom is -0.489 e. The van der Waals surface area contributed by atoms with Crippen molar-refractivity contribution in [1.82, 2.24) is 0 Å². The summed E-state index contributed by atoms with van der Waals surface area (Å²) in [6.07, 6.45) is 0. The lowest BCUT2D eigenvalue weighted by Crippen LogP contribution is -2.01. The zero-order valence-corrected chi connectivity index (χ0v) is 11.1. The molecule has 3 nitrogen and oxygen atoms in total. The first kappa shape index (κ1) is 13.4. The Morgan fingerprint density at radius 2 is 2.00 bits per heavy atom. The molecule has 1 N–H and O–H groups in total. The van der Waals surface area contributed by atoms with Gasteiger partial charge in [-0.25, -0.2) is 4.79 Å². The molecular formula is C15H13ClO3. The van der Waals surface area contributed by atoms with Crippen molar-refractivity contribution >= 4 is 17.6 Å². The van der Waals surface area contributed by atoms with Gasteiger partial charge in [-0.3, -0.25) is 0 Å². The van der Waals surface area contributed by atoms with Crippen molar-refractivity contribution in [2.75, 3.05) is 0 Å². The summed E-state index contributed by atoms with van der Waals surface area (Å²) >= 11 is 6.04. The van der Waals surface area contributed by atoms with Crippen LogP contribution < -0.4 is 4.74 Å². The van der Waals surface area contributed by atoms with Crippen molar-refractivity contribution in [2.24, 2.45) is 0 Å². The number of carboxylic acid groups (broad SMARTS) is 1. The first-order valence-corrected chi connectivity index (χ1v) is 6.16. The van der Waals surface area contributed by atoms with Crippen LogP contribution in [0.5, 0.6) is 5.75 Å². The van der Waals surface area contributed by atoms with Crippen molar-refractivity contribution in [2.45, 2.75) is 13.5 Å². The molecule has 2 aromatic rings. The molecule has 0 bridgehead atoms. The molecular weight excluding hydrogens is 264 g/mol. The zero-order chi connectivity index (χ0) is 13.8. The molecule has 0 aromatic heterocycles. The smallest absolute Gasteiger partial charge is 0.335 e. The van der Waals surface area contributed by atoms with E-state index in [4.69, 9.17) is 21.4 Å². The van der Waals surface area contributed by atoms with Crippen LogP contribution in [0.3, 0.4) is 0 Å². The lowest BCUT2D eigenvalue weighted by Gasteiger charge is -2.10. The van der Waals surface area contributed by atoms with Crippen LogP contribution in [-0.2, 0) is 6.61 Å². The Labute approximate surface area is 116 Å². The molecule has 4 heteroatoms. The third-order valence-corrected chi connectivity index (χ3v) is 3.14. The van der Waals surface area contributed by atoms with E-state index < -0.39 is 5.97 Å². The van der Waals surface area contributed by atoms with Gasteiger partial charge in [0, 0.05) is 10.6 Å². The van der Waals surface area contributed by atoms with E-state index in [2.05, 4.69) is 0 Å². The number of carbonyl (C=O) groups is 1. The molecule has 2 aromatic carbocycles. The highest BCUT2D eigenvalue weighted by atomic mass is 35.5. The largest absolute Gasteiger partial charge is 0.489 e. The summed E-state index contributed by atoms with van der Waals surface area (Å²) in [5, 5.41) is 9.59. The van der Waals surface area contributed by atoms with E-state index in [1.165, 1.54) is 6.07 Å². The van der Waals surface area contributed by atoms with Gasteiger partial charge in [0.05, 0.1) is 5.56 Å². The minimum absolute atomic E-state index is 0.208. The van der Waals surface area contributed by atoms with Gasteiger partial charge in [-0.15, -0.1) is 0 Å². The predicted molar refractivity (Wildman–Crippen MR) is 73.9 cm³/mol. The topological polar surface area (TPSA) is 46.5 Å². The maximum atomic E-state index is 10.9. The molecule has 2 rings (SSSR count). The number of rotatable bonds is 4. The fraction of sp³-hybridized carbons (Fsp3) is 0.133. The van der Waals surface area contributed by atoms with E-state index in [9.17, 15) is 4.79 Å². The summed E-state index contributed by atoms with van der Waals surface area (Å²) in [7, 11) is 0. The molecule has 0 spiro atoms. The normalized spacial score (nSPS) is 10.2. The first-order valence-electron chi connectivity index (χ1n) is 5.78. The van der Waals surface area contributed by atoms with E-state index in [1.807, 2.05) is 25.1 Å². The number of carboxylic acids is 1. The Morgan fingerprint density at radius 3 is 2.68 bits per heavy atom. The van der Waals surface area contributed by atoms with Crippen molar-refractivity contribution < 1.29 is 14.6 Å². The summed E-state index contributed by atoms with van der Waals surface area (Å²) in [4.78, 5) is 10.9. The molecule has 0 unspecified atom stereocenters. The second kappa shape index (κ2) is 5.76. The number of hydrogen-bond donors (Lipinski definition) is 1. The lowest BCUT2D eigenvalue weighted by atomic mass is 10.1. The van der Waals surface area contributed by atoms with Gasteiger partial charge in [-0.1, -0.05) is 35.9 Å². The standard InChI is InChI=1S/C15H13ClO3/c1-10-6-7-11(15(17)18)8-14(10)19-9-12-4-2-3-5-13(12)16/h2-8H,9H2,1H3,(H,17,18). The maximum absolute atomic E-state index is 10.9. The van der Waals surface area contributed by atoms with Crippen molar-refractivity contribution in [3.8, 4) is 5.75 Å². The van der Waals surface area contributed by atoms with Gasteiger partial charge in [0.1, 0.15) is 12.4 Å². The highest BCUT2D eigenvalue weighted by Gasteiger charge is 2.08. The maximum Gasteiger partial charge on any atom is 0.335 e. The highest BCUT2D eigenvalue weighted by molar-refractivity contribution is 6.31. The molecule has 0 radical (unpaired) electrons. The van der Waals surface area contributed by atoms with E-state index in [1.54, 1.807) is 18.2 Å². The van der Waals surface area contributed by atoms with Gasteiger partial charge < -0.3 is 9.84 Å². The molecule has 0 amide bonds. The van der Waals surface area contributed by atoms with E-state index in [-0.39, 0.29) is 5.56 Å². The molecule has 0 aliphatic rings. The van der Waals surface area contributed by atoms with Gasteiger partial charge in [0.25, 0.3) is 0 Å². The number of aryl methyl sites for hydroxylation is 1. The quantitative estimate of drug-likeness (QED) is 0.920. The van der Waals surface area contributed by atoms with E-state index in [0.29, 0.717) is 17.4 Å². The van der Waals surface area contributed by atoms with Gasteiger partial charge in [-0.2, -0.15) is 0 Å². The van der Waals surface area contributed by atoms with Crippen molar-refractivity contribution in [3.05, 3.63) is 64.2 Å². The number of hydrogen-bond acceptors (Lipinski definition) is 2. The second-order valence-electron chi connectivity index (χ2n) is 4.17. The molecule has 0 fully saturated rings. The van der Waals surface area contributed by atoms with Crippen LogP contribution in [0.25, 0.3) is 0 Å². The summed E-state index contributed by atoms with van der Waals surface area (Å²) in [6, 6.07) is 12.2. The Hall–Kier alpha value is -2.00. The number of ether oxygens (including phenoxy) is 1. The van der Waals surface area contributed by atoms with Crippen LogP contribution in [-0.4, -0.2) is 11.1 Å². The Balaban J connectivity index is 2.17. The zero-order valence-electron chi connectivity index (χ0n) is 10.4. The Morgan fingerprint density at radius 1 is 1.26 bits per heavy atom. The van der Waals surface area contributed by atoms with Gasteiger partial charge in [0.15, 0.2) is 0 Å². The van der Waals surface area contributed by atoms with Crippen LogP contribution in [0.15, 0.2) is 42.5 Å². The van der Waals surface area contributed by atoms with Crippen LogP contribution in [0.1, 0.15) is 21.5 Å². The minimum atomic E-state index is -0.970. The Bertz CT molecular complexity index is 608. The van der Waals surface area contributed by atoms with Crippen molar-refractivity contribution in [1.29, 1.82) is 0 Å². The van der Waals surface area contributed by atoms with Crippen LogP contribution in [0.2, 0.25) is 5.02 Å². The molecule has 0 heterocycles. The highest BCUT2D eigenvalue weighted by Crippen LogP contribution is 2.23. The first-order chi connectivity index (χ1) is 9.08. The lowest BCUT2D eigenvalue weighted by molar-refractivity contribution is 0.0696. The third kappa shape index (κ3) is 3.26. The average Bonchev–Trinajstić information content (AvgIpc) is 2.39. The van der Waals surface area contributed by atoms with Gasteiger partial charge in [-0.05, 0) is 30.7 Å². The van der Waals surface area contributed by atoms with Crippen molar-refractivity contribution in [3.63, 3.8) is 0 Å². The average molecular weight is 277 g/mol. The molecule has 19 heavy (non-hydrogen) atoms. The van der Waals surface area contributed by atoms with E-state index >= 15 is 0 Å². The van der Waals surface area contributed by atoms with Gasteiger partial charge in [0.2, 0.25) is 0 Å². The van der Waals surface area contributed by atoms with Crippen LogP contribution in [0.4, 0.5) is 0 Å². The fourth-order valence-corrected chi connectivity index (χ4v) is 1.85. The summed E-state index contributed by atoms with van der Waals surface area (Å²) in [5.74, 6) is -0.414. The molecule has 0 aliphatic heterocycles. The fourth-order valence-electron chi connectivity index (χ4n) is 1.66. The summed E-state index contributed by atoms with van der Waals surface area (Å²) < 4.78 is 5.65. The molecule has 0 atom stereocenters. The molecule has 0 aliphatic carbocycles. The predicted octanol–water partition coefficient (Wildman–Crippen LogP) is 3.93. The number of benzene rings is 2. The molecule has 0 saturated heterocycles. The second-order valence-corrected chi connectivity index (χ2v) is 4.57. The molecule has 98 valence electrons.